The summed E-state index contributed by atoms with van der Waals surface area (Å²) in [5, 5.41) is 25.8. The highest BCUT2D eigenvalue weighted by atomic mass is 35.5. The maximum Gasteiger partial charge on any atom is 0.235 e. The van der Waals surface area contributed by atoms with Crippen LogP contribution < -0.4 is 4.90 Å². The Bertz CT molecular complexity index is 917. The highest BCUT2D eigenvalue weighted by Crippen LogP contribution is 2.35. The first kappa shape index (κ1) is 17.7. The van der Waals surface area contributed by atoms with Crippen molar-refractivity contribution in [2.75, 3.05) is 13.1 Å². The topological polar surface area (TPSA) is 75.1 Å². The minimum absolute atomic E-state index is 0.0558. The highest BCUT2D eigenvalue weighted by molar-refractivity contribution is 7.17. The number of likely N-dealkylation sites (tertiary alicyclic amines) is 1. The van der Waals surface area contributed by atoms with E-state index in [0.29, 0.717) is 9.98 Å². The van der Waals surface area contributed by atoms with E-state index in [1.54, 1.807) is 0 Å². The molecule has 3 heterocycles. The van der Waals surface area contributed by atoms with Gasteiger partial charge in [-0.05, 0) is 12.1 Å². The number of aliphatic hydroxyl groups excluding tert-OH is 1. The molecule has 0 aliphatic carbocycles. The van der Waals surface area contributed by atoms with Crippen LogP contribution in [0.5, 0.6) is 5.88 Å². The van der Waals surface area contributed by atoms with Crippen molar-refractivity contribution in [2.45, 2.75) is 38.3 Å². The van der Waals surface area contributed by atoms with Gasteiger partial charge in [-0.25, -0.2) is 4.98 Å². The third kappa shape index (κ3) is 3.20. The molecule has 1 aromatic carbocycles. The largest absolute Gasteiger partial charge is 0.492 e. The van der Waals surface area contributed by atoms with Crippen molar-refractivity contribution in [3.8, 4) is 5.88 Å². The molecule has 3 N–H and O–H groups in total. The van der Waals surface area contributed by atoms with Gasteiger partial charge in [0, 0.05) is 29.8 Å². The fourth-order valence-corrected chi connectivity index (χ4v) is 5.01. The van der Waals surface area contributed by atoms with Crippen molar-refractivity contribution in [2.24, 2.45) is 0 Å². The summed E-state index contributed by atoms with van der Waals surface area (Å²) in [6.07, 6.45) is 2.01. The van der Waals surface area contributed by atoms with E-state index < -0.39 is 0 Å². The maximum atomic E-state index is 10.9. The Morgan fingerprint density at radius 3 is 2.81 bits per heavy atom. The van der Waals surface area contributed by atoms with Crippen LogP contribution >= 0.6 is 22.9 Å². The number of thiazole rings is 1. The Morgan fingerprint density at radius 2 is 2.15 bits per heavy atom. The molecule has 0 unspecified atom stereocenters. The Kier molecular flexibility index (Phi) is 4.88. The summed E-state index contributed by atoms with van der Waals surface area (Å²) in [5.41, 5.74) is 1.06. The molecule has 0 radical (unpaired) electrons. The molecule has 1 atom stereocenters. The molecule has 1 fully saturated rings. The molecule has 2 aromatic heterocycles. The number of rotatable bonds is 4. The maximum absolute atomic E-state index is 10.9. The van der Waals surface area contributed by atoms with E-state index >= 15 is 0 Å². The molecule has 138 valence electrons. The van der Waals surface area contributed by atoms with Gasteiger partial charge >= 0.3 is 0 Å². The predicted octanol–water partition coefficient (Wildman–Crippen LogP) is 1.84. The summed E-state index contributed by atoms with van der Waals surface area (Å²) < 4.78 is 1.54. The number of benzene rings is 1. The molecule has 3 aromatic rings. The second-order valence-corrected chi connectivity index (χ2v) is 8.19. The lowest BCUT2D eigenvalue weighted by Crippen LogP contribution is -3.13. The van der Waals surface area contributed by atoms with Crippen LogP contribution in [0.3, 0.4) is 0 Å². The SMILES string of the molecule is CCc1nc2sc([C@@H](c3cccc(Cl)c3)[NH+]3CCC(O)CC3)c(O)n2n1. The number of aromatic hydroxyl groups is 1. The number of nitrogens with zero attached hydrogens (tertiary/aromatic N) is 3. The summed E-state index contributed by atoms with van der Waals surface area (Å²) in [6.45, 7) is 3.67. The van der Waals surface area contributed by atoms with Crippen LogP contribution in [0.25, 0.3) is 4.96 Å². The van der Waals surface area contributed by atoms with Crippen LogP contribution in [-0.2, 0) is 6.42 Å². The van der Waals surface area contributed by atoms with Crippen LogP contribution in [0.2, 0.25) is 5.02 Å². The van der Waals surface area contributed by atoms with Crippen molar-refractivity contribution < 1.29 is 15.1 Å². The normalized spacial score (nSPS) is 22.0. The molecule has 0 bridgehead atoms. The van der Waals surface area contributed by atoms with Gasteiger partial charge in [-0.3, -0.25) is 0 Å². The summed E-state index contributed by atoms with van der Waals surface area (Å²) >= 11 is 7.71. The molecule has 0 amide bonds. The first-order valence-corrected chi connectivity index (χ1v) is 10.1. The molecule has 1 saturated heterocycles. The van der Waals surface area contributed by atoms with Crippen molar-refractivity contribution in [1.29, 1.82) is 0 Å². The lowest BCUT2D eigenvalue weighted by atomic mass is 9.99. The van der Waals surface area contributed by atoms with E-state index in [9.17, 15) is 10.2 Å². The number of quaternary nitrogens is 1. The van der Waals surface area contributed by atoms with Crippen molar-refractivity contribution >= 4 is 27.9 Å². The van der Waals surface area contributed by atoms with Crippen LogP contribution in [0.4, 0.5) is 0 Å². The standard InChI is InChI=1S/C18H21ClN4O2S/c1-2-14-20-18-23(21-14)17(25)16(26-18)15(11-4-3-5-12(19)10-11)22-8-6-13(24)7-9-22/h3-5,10,13,15,24-25H,2,6-9H2,1H3/p+1/t15-/m1/s1. The van der Waals surface area contributed by atoms with Crippen LogP contribution in [-0.4, -0.2) is 44.0 Å². The van der Waals surface area contributed by atoms with Gasteiger partial charge in [0.15, 0.2) is 11.9 Å². The number of aromatic nitrogens is 3. The summed E-state index contributed by atoms with van der Waals surface area (Å²) in [6, 6.07) is 7.73. The Balaban J connectivity index is 1.79. The first-order chi connectivity index (χ1) is 12.6. The third-order valence-corrected chi connectivity index (χ3v) is 6.33. The molecule has 1 aliphatic rings. The highest BCUT2D eigenvalue weighted by Gasteiger charge is 2.35. The second kappa shape index (κ2) is 7.15. The summed E-state index contributed by atoms with van der Waals surface area (Å²) in [7, 11) is 0. The Hall–Kier alpha value is -1.67. The fourth-order valence-electron chi connectivity index (χ4n) is 3.65. The van der Waals surface area contributed by atoms with Gasteiger partial charge in [-0.15, -0.1) is 5.10 Å². The van der Waals surface area contributed by atoms with Crippen LogP contribution in [0.1, 0.15) is 42.1 Å². The minimum Gasteiger partial charge on any atom is -0.492 e. The number of fused-ring (bicyclic) bond motifs is 1. The first-order valence-electron chi connectivity index (χ1n) is 8.92. The molecule has 8 heteroatoms. The van der Waals surface area contributed by atoms with E-state index in [2.05, 4.69) is 10.1 Å². The van der Waals surface area contributed by atoms with Gasteiger partial charge in [0.1, 0.15) is 4.88 Å². The number of hydrogen-bond donors (Lipinski definition) is 3. The zero-order valence-corrected chi connectivity index (χ0v) is 16.1. The van der Waals surface area contributed by atoms with Crippen LogP contribution in [0.15, 0.2) is 24.3 Å². The van der Waals surface area contributed by atoms with E-state index in [0.717, 1.165) is 48.6 Å². The minimum atomic E-state index is -0.234. The van der Waals surface area contributed by atoms with E-state index in [-0.39, 0.29) is 18.0 Å². The third-order valence-electron chi connectivity index (χ3n) is 5.01. The van der Waals surface area contributed by atoms with Gasteiger partial charge < -0.3 is 15.1 Å². The smallest absolute Gasteiger partial charge is 0.235 e. The van der Waals surface area contributed by atoms with Crippen molar-refractivity contribution in [3.63, 3.8) is 0 Å². The van der Waals surface area contributed by atoms with Gasteiger partial charge in [-0.2, -0.15) is 4.52 Å². The second-order valence-electron chi connectivity index (χ2n) is 6.74. The quantitative estimate of drug-likeness (QED) is 0.632. The lowest BCUT2D eigenvalue weighted by molar-refractivity contribution is -0.931. The fraction of sp³-hybridized carbons (Fsp3) is 0.444. The zero-order chi connectivity index (χ0) is 18.3. The zero-order valence-electron chi connectivity index (χ0n) is 14.5. The van der Waals surface area contributed by atoms with Gasteiger partial charge in [0.2, 0.25) is 10.8 Å². The molecular formula is C18H22ClN4O2S+. The Labute approximate surface area is 160 Å². The molecule has 4 rings (SSSR count). The molecule has 0 saturated carbocycles. The lowest BCUT2D eigenvalue weighted by Gasteiger charge is -2.33. The number of nitrogens with one attached hydrogen (secondary N) is 1. The Morgan fingerprint density at radius 1 is 1.38 bits per heavy atom. The number of halogens is 1. The van der Waals surface area contributed by atoms with E-state index in [4.69, 9.17) is 11.6 Å². The number of aliphatic hydroxyl groups is 1. The average molecular weight is 394 g/mol. The molecule has 26 heavy (non-hydrogen) atoms. The summed E-state index contributed by atoms with van der Waals surface area (Å²) in [4.78, 5) is 7.36. The summed E-state index contributed by atoms with van der Waals surface area (Å²) in [5.74, 6) is 0.881. The molecular weight excluding hydrogens is 372 g/mol. The number of piperidine rings is 1. The van der Waals surface area contributed by atoms with E-state index in [1.165, 1.54) is 20.8 Å². The molecule has 0 spiro atoms. The monoisotopic (exact) mass is 393 g/mol. The molecule has 6 nitrogen and oxygen atoms in total. The predicted molar refractivity (Wildman–Crippen MR) is 101 cm³/mol. The van der Waals surface area contributed by atoms with Crippen molar-refractivity contribution in [1.82, 2.24) is 14.6 Å². The van der Waals surface area contributed by atoms with Gasteiger partial charge in [0.05, 0.1) is 19.2 Å². The number of aryl methyl sites for hydroxylation is 1. The average Bonchev–Trinajstić information content (AvgIpc) is 3.17. The van der Waals surface area contributed by atoms with Gasteiger partial charge in [0.25, 0.3) is 0 Å². The molecule has 1 aliphatic heterocycles. The van der Waals surface area contributed by atoms with Gasteiger partial charge in [-0.1, -0.05) is 42.0 Å². The van der Waals surface area contributed by atoms with Crippen molar-refractivity contribution in [3.05, 3.63) is 45.6 Å². The van der Waals surface area contributed by atoms with E-state index in [1.807, 2.05) is 31.2 Å². The van der Waals surface area contributed by atoms with Crippen LogP contribution in [0, 0.1) is 0 Å². The number of hydrogen-bond acceptors (Lipinski definition) is 5.